The minimum Gasteiger partial charge on any atom is -0.495 e. The van der Waals surface area contributed by atoms with E-state index in [0.717, 1.165) is 66.9 Å². The third kappa shape index (κ3) is 6.02. The van der Waals surface area contributed by atoms with Crippen LogP contribution >= 0.6 is 0 Å². The summed E-state index contributed by atoms with van der Waals surface area (Å²) in [5.41, 5.74) is 1.74. The first-order chi connectivity index (χ1) is 15.3. The summed E-state index contributed by atoms with van der Waals surface area (Å²) >= 11 is 0. The van der Waals surface area contributed by atoms with Crippen LogP contribution in [-0.4, -0.2) is 86.8 Å². The number of rotatable bonds is 7. The number of benzene rings is 1. The molecule has 1 aliphatic heterocycles. The lowest BCUT2D eigenvalue weighted by Gasteiger charge is -2.35. The van der Waals surface area contributed by atoms with E-state index in [1.807, 2.05) is 31.1 Å². The summed E-state index contributed by atoms with van der Waals surface area (Å²) in [6.45, 7) is 7.67. The van der Waals surface area contributed by atoms with Gasteiger partial charge in [-0.25, -0.2) is 4.98 Å². The molecule has 7 heteroatoms. The summed E-state index contributed by atoms with van der Waals surface area (Å²) in [6.07, 6.45) is 3.02. The molecule has 1 aliphatic rings. The molecule has 0 saturated carbocycles. The van der Waals surface area contributed by atoms with E-state index in [2.05, 4.69) is 54.9 Å². The smallest absolute Gasteiger partial charge is 0.227 e. The Bertz CT molecular complexity index is 968. The Balaban J connectivity index is 1.93. The van der Waals surface area contributed by atoms with Gasteiger partial charge in [-0.15, -0.1) is 0 Å². The quantitative estimate of drug-likeness (QED) is 0.666. The van der Waals surface area contributed by atoms with Gasteiger partial charge in [0.05, 0.1) is 18.2 Å². The first kappa shape index (κ1) is 24.1. The molecule has 0 atom stereocenters. The zero-order chi connectivity index (χ0) is 23.3. The summed E-state index contributed by atoms with van der Waals surface area (Å²) in [4.78, 5) is 16.2. The first-order valence-corrected chi connectivity index (χ1v) is 11.5. The summed E-state index contributed by atoms with van der Waals surface area (Å²) in [5, 5.41) is 4.68. The van der Waals surface area contributed by atoms with Crippen molar-refractivity contribution in [1.29, 1.82) is 0 Å². The molecular formula is C25H38N6O. The minimum absolute atomic E-state index is 0.398. The summed E-state index contributed by atoms with van der Waals surface area (Å²) in [6, 6.07) is 5.04. The number of piperidine rings is 1. The highest BCUT2D eigenvalue weighted by Gasteiger charge is 2.22. The second-order valence-corrected chi connectivity index (χ2v) is 9.24. The van der Waals surface area contributed by atoms with Crippen molar-refractivity contribution in [1.82, 2.24) is 19.8 Å². The summed E-state index contributed by atoms with van der Waals surface area (Å²) in [7, 11) is 9.74. The highest BCUT2D eigenvalue weighted by Crippen LogP contribution is 2.31. The minimum atomic E-state index is 0.398. The lowest BCUT2D eigenvalue weighted by Crippen LogP contribution is -2.42. The Morgan fingerprint density at radius 2 is 1.88 bits per heavy atom. The van der Waals surface area contributed by atoms with Crippen LogP contribution in [-0.2, 0) is 0 Å². The number of hydrogen-bond acceptors (Lipinski definition) is 7. The molecule has 1 saturated heterocycles. The van der Waals surface area contributed by atoms with Crippen LogP contribution < -0.4 is 15.0 Å². The molecular weight excluding hydrogens is 400 g/mol. The van der Waals surface area contributed by atoms with E-state index in [-0.39, 0.29) is 0 Å². The van der Waals surface area contributed by atoms with E-state index in [1.54, 1.807) is 7.11 Å². The van der Waals surface area contributed by atoms with Gasteiger partial charge in [0.15, 0.2) is 0 Å². The zero-order valence-corrected chi connectivity index (χ0v) is 20.7. The number of ether oxygens (including phenoxy) is 1. The van der Waals surface area contributed by atoms with Crippen molar-refractivity contribution in [3.63, 3.8) is 0 Å². The third-order valence-corrected chi connectivity index (χ3v) is 5.91. The summed E-state index contributed by atoms with van der Waals surface area (Å²) in [5.74, 6) is 8.85. The van der Waals surface area contributed by atoms with Gasteiger partial charge in [-0.2, -0.15) is 4.98 Å². The van der Waals surface area contributed by atoms with Gasteiger partial charge in [-0.3, -0.25) is 0 Å². The second kappa shape index (κ2) is 10.8. The van der Waals surface area contributed by atoms with Gasteiger partial charge in [0.1, 0.15) is 11.6 Å². The molecule has 1 aromatic carbocycles. The Hall–Kier alpha value is -2.56. The van der Waals surface area contributed by atoms with Crippen LogP contribution in [0.2, 0.25) is 0 Å². The number of methoxy groups -OCH3 is 1. The molecule has 0 amide bonds. The molecule has 3 rings (SSSR count). The average Bonchev–Trinajstić information content (AvgIpc) is 2.76. The van der Waals surface area contributed by atoms with Crippen molar-refractivity contribution in [3.05, 3.63) is 17.7 Å². The number of anilines is 2. The van der Waals surface area contributed by atoms with Crippen LogP contribution in [0.5, 0.6) is 5.75 Å². The van der Waals surface area contributed by atoms with E-state index in [0.29, 0.717) is 18.0 Å². The Morgan fingerprint density at radius 1 is 1.16 bits per heavy atom. The van der Waals surface area contributed by atoms with E-state index in [9.17, 15) is 0 Å². The van der Waals surface area contributed by atoms with Crippen molar-refractivity contribution >= 4 is 22.7 Å². The highest BCUT2D eigenvalue weighted by molar-refractivity contribution is 5.92. The van der Waals surface area contributed by atoms with Crippen molar-refractivity contribution in [2.75, 3.05) is 65.2 Å². The molecule has 0 spiro atoms. The SMILES string of the molecule is COc1cc2c(NC3CCN(C(C)C)CC3)nc(N(C)C)nc2cc1C#CCCN(C)C. The molecule has 7 nitrogen and oxygen atoms in total. The molecule has 174 valence electrons. The molecule has 0 aliphatic carbocycles. The third-order valence-electron chi connectivity index (χ3n) is 5.91. The number of nitrogens with one attached hydrogen (secondary N) is 1. The molecule has 1 fully saturated rings. The van der Waals surface area contributed by atoms with Crippen LogP contribution in [0.1, 0.15) is 38.7 Å². The maximum atomic E-state index is 5.68. The van der Waals surface area contributed by atoms with Crippen LogP contribution in [0.25, 0.3) is 10.9 Å². The molecule has 1 aromatic heterocycles. The molecule has 2 heterocycles. The number of likely N-dealkylation sites (tertiary alicyclic amines) is 1. The number of aromatic nitrogens is 2. The van der Waals surface area contributed by atoms with Gasteiger partial charge in [-0.05, 0) is 52.9 Å². The monoisotopic (exact) mass is 438 g/mol. The van der Waals surface area contributed by atoms with Gasteiger partial charge >= 0.3 is 0 Å². The van der Waals surface area contributed by atoms with Crippen LogP contribution in [0.15, 0.2) is 12.1 Å². The zero-order valence-electron chi connectivity index (χ0n) is 20.7. The van der Waals surface area contributed by atoms with E-state index in [1.165, 1.54) is 0 Å². The fourth-order valence-corrected chi connectivity index (χ4v) is 3.91. The molecule has 2 aromatic rings. The number of nitrogens with zero attached hydrogens (tertiary/aromatic N) is 5. The maximum Gasteiger partial charge on any atom is 0.227 e. The predicted molar refractivity (Wildman–Crippen MR) is 134 cm³/mol. The van der Waals surface area contributed by atoms with E-state index < -0.39 is 0 Å². The van der Waals surface area contributed by atoms with Crippen LogP contribution in [0.3, 0.4) is 0 Å². The second-order valence-electron chi connectivity index (χ2n) is 9.24. The predicted octanol–water partition coefficient (Wildman–Crippen LogP) is 3.29. The van der Waals surface area contributed by atoms with Gasteiger partial charge in [0.2, 0.25) is 5.95 Å². The largest absolute Gasteiger partial charge is 0.495 e. The van der Waals surface area contributed by atoms with Crippen molar-refractivity contribution in [3.8, 4) is 17.6 Å². The van der Waals surface area contributed by atoms with Crippen molar-refractivity contribution in [2.24, 2.45) is 0 Å². The summed E-state index contributed by atoms with van der Waals surface area (Å²) < 4.78 is 5.68. The van der Waals surface area contributed by atoms with Gasteiger partial charge in [-0.1, -0.05) is 11.8 Å². The fourth-order valence-electron chi connectivity index (χ4n) is 3.91. The Kier molecular flexibility index (Phi) is 8.16. The van der Waals surface area contributed by atoms with Crippen LogP contribution in [0.4, 0.5) is 11.8 Å². The molecule has 1 N–H and O–H groups in total. The van der Waals surface area contributed by atoms with E-state index >= 15 is 0 Å². The normalized spacial score (nSPS) is 15.2. The van der Waals surface area contributed by atoms with Gasteiger partial charge < -0.3 is 24.8 Å². The molecule has 0 bridgehead atoms. The average molecular weight is 439 g/mol. The van der Waals surface area contributed by atoms with E-state index in [4.69, 9.17) is 14.7 Å². The fraction of sp³-hybridized carbons (Fsp3) is 0.600. The highest BCUT2D eigenvalue weighted by atomic mass is 16.5. The Labute approximate surface area is 193 Å². The van der Waals surface area contributed by atoms with Crippen LogP contribution in [0, 0.1) is 11.8 Å². The lowest BCUT2D eigenvalue weighted by atomic mass is 10.0. The lowest BCUT2D eigenvalue weighted by molar-refractivity contribution is 0.177. The van der Waals surface area contributed by atoms with Gasteiger partial charge in [0.25, 0.3) is 0 Å². The first-order valence-electron chi connectivity index (χ1n) is 11.5. The topological polar surface area (TPSA) is 56.8 Å². The van der Waals surface area contributed by atoms with Crippen molar-refractivity contribution in [2.45, 2.75) is 45.2 Å². The Morgan fingerprint density at radius 3 is 2.47 bits per heavy atom. The van der Waals surface area contributed by atoms with Crippen molar-refractivity contribution < 1.29 is 4.74 Å². The van der Waals surface area contributed by atoms with Gasteiger partial charge in [0, 0.05) is 57.6 Å². The number of hydrogen-bond donors (Lipinski definition) is 1. The molecule has 0 unspecified atom stereocenters. The number of fused-ring (bicyclic) bond motifs is 1. The standard InChI is InChI=1S/C25H38N6O/c1-18(2)31-14-11-20(12-15-31)26-24-21-17-23(32-7)19(10-8-9-13-29(3)4)16-22(21)27-25(28-24)30(5)6/h16-18,20H,9,11-15H2,1-7H3,(H,26,27,28). The maximum absolute atomic E-state index is 5.68. The molecule has 0 radical (unpaired) electrons. The molecule has 32 heavy (non-hydrogen) atoms.